The number of alkyl halides is 6. The number of piperazine rings is 4. The van der Waals surface area contributed by atoms with Crippen LogP contribution in [0.5, 0.6) is 0 Å². The molecule has 8 aromatic heterocycles. The number of rotatable bonds is 21. The molecular weight excluding hydrogens is 1810 g/mol. The number of benzene rings is 4. The third-order valence-corrected chi connectivity index (χ3v) is 26.2. The summed E-state index contributed by atoms with van der Waals surface area (Å²) >= 11 is 0.421. The summed E-state index contributed by atoms with van der Waals surface area (Å²) in [5.74, 6) is -2.25. The van der Waals surface area contributed by atoms with Crippen molar-refractivity contribution in [1.29, 1.82) is 0 Å². The molecule has 0 bridgehead atoms. The smallest absolute Gasteiger partial charge is 0.425 e. The second-order valence-corrected chi connectivity index (χ2v) is 34.8. The zero-order valence-electron chi connectivity index (χ0n) is 76.3. The van der Waals surface area contributed by atoms with Crippen molar-refractivity contribution in [2.45, 2.75) is 105 Å². The van der Waals surface area contributed by atoms with Gasteiger partial charge in [-0.2, -0.15) is 26.3 Å². The van der Waals surface area contributed by atoms with Gasteiger partial charge in [-0.1, -0.05) is 92.1 Å². The normalized spacial score (nSPS) is 15.6. The third-order valence-electron chi connectivity index (χ3n) is 25.1. The Balaban J connectivity index is 0.000000139. The van der Waals surface area contributed by atoms with Crippen LogP contribution < -0.4 is 41.8 Å². The van der Waals surface area contributed by atoms with Gasteiger partial charge in [-0.25, -0.2) is 19.2 Å². The summed E-state index contributed by atoms with van der Waals surface area (Å²) < 4.78 is 121. The van der Waals surface area contributed by atoms with Crippen molar-refractivity contribution < 1.29 is 96.9 Å². The van der Waals surface area contributed by atoms with E-state index in [-0.39, 0.29) is 133 Å². The zero-order chi connectivity index (χ0) is 97.1. The first kappa shape index (κ1) is 97.3. The van der Waals surface area contributed by atoms with Crippen molar-refractivity contribution in [2.75, 3.05) is 151 Å². The second-order valence-electron chi connectivity index (χ2n) is 33.7. The molecule has 2 saturated carbocycles. The van der Waals surface area contributed by atoms with E-state index in [1.165, 1.54) is 65.7 Å². The first-order valence-corrected chi connectivity index (χ1v) is 46.6. The Morgan fingerprint density at radius 1 is 0.350 bits per heavy atom. The van der Waals surface area contributed by atoms with E-state index in [0.717, 1.165) is 53.6 Å². The van der Waals surface area contributed by atoms with Crippen LogP contribution in [0.25, 0.3) is 43.6 Å². The highest BCUT2D eigenvalue weighted by Gasteiger charge is 2.41. The van der Waals surface area contributed by atoms with E-state index in [2.05, 4.69) is 0 Å². The molecule has 722 valence electrons. The fourth-order valence-corrected chi connectivity index (χ4v) is 19.2. The maximum absolute atomic E-state index is 13.9. The molecule has 12 heterocycles. The van der Waals surface area contributed by atoms with E-state index >= 15 is 0 Å². The van der Waals surface area contributed by atoms with Crippen LogP contribution in [0.15, 0.2) is 197 Å². The van der Waals surface area contributed by atoms with Crippen molar-refractivity contribution in [1.82, 2.24) is 37.9 Å². The quantitative estimate of drug-likeness (QED) is 0.0366. The molecule has 4 aromatic carbocycles. The average Bonchev–Trinajstić information content (AvgIpc) is 1.68. The summed E-state index contributed by atoms with van der Waals surface area (Å²) in [6.45, 7) is 12.7. The lowest BCUT2D eigenvalue weighted by Crippen LogP contribution is -2.49. The van der Waals surface area contributed by atoms with E-state index < -0.39 is 70.2 Å². The number of aromatic nitrogens is 4. The number of fused-ring (bicyclic) bond motifs is 4. The number of carbonyl (C=O) groups is 8. The molecule has 0 N–H and O–H groups in total. The monoisotopic (exact) mass is 1910 g/mol. The van der Waals surface area contributed by atoms with E-state index in [9.17, 15) is 83.9 Å². The van der Waals surface area contributed by atoms with E-state index in [4.69, 9.17) is 32.2 Å². The molecular formula is C99H104F6N12O19S. The van der Waals surface area contributed by atoms with E-state index in [0.29, 0.717) is 151 Å². The number of anilines is 4. The number of hydrogen-bond acceptors (Lipinski definition) is 24. The number of esters is 4. The fraction of sp³-hybridized carbons (Fsp3) is 0.394. The summed E-state index contributed by atoms with van der Waals surface area (Å²) in [4.78, 5) is 170. The van der Waals surface area contributed by atoms with Crippen LogP contribution in [0.1, 0.15) is 160 Å². The van der Waals surface area contributed by atoms with Crippen molar-refractivity contribution in [2.24, 2.45) is 18.9 Å². The summed E-state index contributed by atoms with van der Waals surface area (Å²) in [6.07, 6.45) is 3.22. The molecule has 137 heavy (non-hydrogen) atoms. The standard InChI is InChI=1S/C28H33N3O5.C25H27N3O5.C23H22F3N3O5.C23H22F3N3O4S/c1-2-35-28(34)24-25(29-14-16-30(17-15-29)26(32)23-13-8-18-36-23)21-11-6-7-12-22(21)31(27(24)33)19-20-9-4-3-5-10-20;1-2-32-25(31)21-22(26-11-13-27(14-12-26)23(29)20-8-5-15-33-20)18-6-3-4-7-19(18)28(24(21)30)16-17-9-10-17;1-2-33-22(32)18-19(27-9-11-28(12-10-27)20(30)17-8-5-13-34-17)15-6-3-4-7-16(15)29(21(18)31)14-23(24,25)26;1-3-33-22(32)18-19(14-6-4-5-7-15(14)27(2)21(18)31)28-10-12-29(13-11-28)20(30)16-8-9-17(34-16)23(24,25)26/h6-8,11-13,18,20H,2-5,9-10,14-17,19H2,1H3;3-8,15,17H,2,9-14,16H2,1H3;3-8,13H,2,9-12,14H2,1H3;4-9H,3,10-13H2,1-2H3. The predicted octanol–water partition coefficient (Wildman–Crippen LogP) is 14.5. The fourth-order valence-electron chi connectivity index (χ4n) is 18.4. The van der Waals surface area contributed by atoms with Crippen molar-refractivity contribution >= 4 is 125 Å². The van der Waals surface area contributed by atoms with Gasteiger partial charge in [-0.15, -0.1) is 11.3 Å². The van der Waals surface area contributed by atoms with Gasteiger partial charge in [-0.3, -0.25) is 42.9 Å². The zero-order valence-corrected chi connectivity index (χ0v) is 77.1. The molecule has 4 aliphatic heterocycles. The first-order valence-electron chi connectivity index (χ1n) is 45.8. The molecule has 0 spiro atoms. The number of furan rings is 3. The molecule has 4 amide bonds. The average molecular weight is 1910 g/mol. The van der Waals surface area contributed by atoms with Gasteiger partial charge in [0.1, 0.15) is 33.7 Å². The van der Waals surface area contributed by atoms with Gasteiger partial charge >= 0.3 is 36.2 Å². The highest BCUT2D eigenvalue weighted by molar-refractivity contribution is 7.14. The number of halogens is 6. The molecule has 0 atom stereocenters. The number of nitrogens with zero attached hydrogens (tertiary/aromatic N) is 12. The number of hydrogen-bond donors (Lipinski definition) is 0. The minimum Gasteiger partial charge on any atom is -0.462 e. The van der Waals surface area contributed by atoms with Crippen LogP contribution in [-0.4, -0.2) is 223 Å². The number of amides is 4. The molecule has 2 aliphatic carbocycles. The topological polar surface area (TPSA) is 327 Å². The summed E-state index contributed by atoms with van der Waals surface area (Å²) in [5.41, 5.74) is 1.75. The highest BCUT2D eigenvalue weighted by Crippen LogP contribution is 2.41. The van der Waals surface area contributed by atoms with Crippen molar-refractivity contribution in [3.8, 4) is 0 Å². The Morgan fingerprint density at radius 3 is 0.956 bits per heavy atom. The van der Waals surface area contributed by atoms with Gasteiger partial charge in [-0.05, 0) is 138 Å². The largest absolute Gasteiger partial charge is 0.462 e. The molecule has 4 saturated heterocycles. The molecule has 0 radical (unpaired) electrons. The summed E-state index contributed by atoms with van der Waals surface area (Å²) in [5, 5.41) is 2.73. The first-order chi connectivity index (χ1) is 66.0. The van der Waals surface area contributed by atoms with E-state index in [1.807, 2.05) is 69.3 Å². The van der Waals surface area contributed by atoms with Crippen LogP contribution in [0.2, 0.25) is 0 Å². The van der Waals surface area contributed by atoms with Crippen LogP contribution in [0.4, 0.5) is 49.1 Å². The maximum atomic E-state index is 13.9. The molecule has 12 aromatic rings. The second kappa shape index (κ2) is 42.8. The molecule has 6 aliphatic rings. The SMILES string of the molecule is CCOC(=O)c1c(N2CCN(C(=O)c3ccc(C(F)(F)F)s3)CC2)c2ccccc2n(C)c1=O.CCOC(=O)c1c(N2CCN(C(=O)c3ccco3)CC2)c2ccccc2n(CC(F)(F)F)c1=O.CCOC(=O)c1c(N2CCN(C(=O)c3ccco3)CC2)c2ccccc2n(CC2CC2)c1=O.CCOC(=O)c1c(N2CCN(C(=O)c3ccco3)CC2)c2ccccc2n(CC2CCCCC2)c1=O. The summed E-state index contributed by atoms with van der Waals surface area (Å²) in [6, 6.07) is 40.8. The Morgan fingerprint density at radius 2 is 0.650 bits per heavy atom. The molecule has 38 heteroatoms. The minimum atomic E-state index is -4.67. The van der Waals surface area contributed by atoms with Crippen LogP contribution in [0, 0.1) is 11.8 Å². The molecule has 18 rings (SSSR count). The summed E-state index contributed by atoms with van der Waals surface area (Å²) in [7, 11) is 1.59. The van der Waals surface area contributed by atoms with Crippen LogP contribution in [0.3, 0.4) is 0 Å². The van der Waals surface area contributed by atoms with Crippen LogP contribution >= 0.6 is 11.3 Å². The molecule has 0 unspecified atom stereocenters. The van der Waals surface area contributed by atoms with Gasteiger partial charge in [0.15, 0.2) is 17.3 Å². The Kier molecular flexibility index (Phi) is 30.4. The lowest BCUT2D eigenvalue weighted by atomic mass is 9.89. The lowest BCUT2D eigenvalue weighted by Gasteiger charge is -2.37. The molecule has 6 fully saturated rings. The van der Waals surface area contributed by atoms with Crippen molar-refractivity contribution in [3.05, 3.63) is 255 Å². The lowest BCUT2D eigenvalue weighted by molar-refractivity contribution is -0.140. The minimum absolute atomic E-state index is 0.0204. The Bertz CT molecular complexity index is 6680. The van der Waals surface area contributed by atoms with Crippen LogP contribution in [-0.2, 0) is 51.8 Å². The number of carbonyl (C=O) groups excluding carboxylic acids is 8. The van der Waals surface area contributed by atoms with Gasteiger partial charge in [0.05, 0.1) is 94.9 Å². The maximum Gasteiger partial charge on any atom is 0.425 e. The third kappa shape index (κ3) is 21.4. The Hall–Kier alpha value is -14.2. The molecule has 31 nitrogen and oxygen atoms in total. The number of thiophene rings is 1. The number of para-hydroxylation sites is 4. The number of pyridine rings is 4. The number of ether oxygens (including phenoxy) is 4. The van der Waals surface area contributed by atoms with Gasteiger partial charge in [0.2, 0.25) is 0 Å². The van der Waals surface area contributed by atoms with Gasteiger partial charge < -0.3 is 85.1 Å². The van der Waals surface area contributed by atoms with Crippen molar-refractivity contribution in [3.63, 3.8) is 0 Å². The predicted molar refractivity (Wildman–Crippen MR) is 501 cm³/mol. The Labute approximate surface area is 785 Å². The number of aryl methyl sites for hydroxylation is 1. The van der Waals surface area contributed by atoms with Gasteiger partial charge in [0, 0.05) is 146 Å². The van der Waals surface area contributed by atoms with Gasteiger partial charge in [0.25, 0.3) is 45.9 Å². The highest BCUT2D eigenvalue weighted by atomic mass is 32.1. The van der Waals surface area contributed by atoms with E-state index in [1.54, 1.807) is 130 Å².